The van der Waals surface area contributed by atoms with Crippen molar-refractivity contribution < 1.29 is 13.4 Å². The van der Waals surface area contributed by atoms with Gasteiger partial charge in [-0.05, 0) is 24.6 Å². The Labute approximate surface area is 102 Å². The molecule has 0 spiro atoms. The second-order valence-corrected chi connectivity index (χ2v) is 5.17. The first-order valence-electron chi connectivity index (χ1n) is 5.14. The van der Waals surface area contributed by atoms with Gasteiger partial charge in [-0.1, -0.05) is 0 Å². The van der Waals surface area contributed by atoms with Crippen LogP contribution >= 0.6 is 0 Å². The molecule has 0 radical (unpaired) electrons. The van der Waals surface area contributed by atoms with Gasteiger partial charge in [0.1, 0.15) is 5.82 Å². The molecule has 1 aromatic carbocycles. The number of rotatable bonds is 5. The van der Waals surface area contributed by atoms with Gasteiger partial charge < -0.3 is 11.1 Å². The molecule has 4 nitrogen and oxygen atoms in total. The number of nitrogens with two attached hydrogens (primary N) is 1. The summed E-state index contributed by atoms with van der Waals surface area (Å²) in [6.07, 6.45) is 2.25. The summed E-state index contributed by atoms with van der Waals surface area (Å²) in [5, 5.41) is 2.64. The monoisotopic (exact) mass is 258 g/mol. The van der Waals surface area contributed by atoms with Crippen LogP contribution in [0.25, 0.3) is 0 Å². The Hall–Kier alpha value is -1.43. The number of hydrogen-bond acceptors (Lipinski definition) is 3. The first kappa shape index (κ1) is 13.6. The van der Waals surface area contributed by atoms with E-state index in [1.165, 1.54) is 12.1 Å². The molecule has 17 heavy (non-hydrogen) atoms. The zero-order valence-electron chi connectivity index (χ0n) is 9.53. The number of hydrogen-bond donors (Lipinski definition) is 2. The number of halogens is 1. The zero-order valence-corrected chi connectivity index (χ0v) is 10.3. The molecule has 1 unspecified atom stereocenters. The number of anilines is 1. The van der Waals surface area contributed by atoms with Crippen LogP contribution in [0.5, 0.6) is 0 Å². The van der Waals surface area contributed by atoms with Crippen LogP contribution in [0.1, 0.15) is 16.8 Å². The average Bonchev–Trinajstić information content (AvgIpc) is 2.23. The van der Waals surface area contributed by atoms with Gasteiger partial charge in [-0.25, -0.2) is 4.39 Å². The fourth-order valence-electron chi connectivity index (χ4n) is 1.31. The van der Waals surface area contributed by atoms with Crippen LogP contribution in [0.4, 0.5) is 10.1 Å². The van der Waals surface area contributed by atoms with E-state index < -0.39 is 16.6 Å². The highest BCUT2D eigenvalue weighted by Crippen LogP contribution is 2.12. The summed E-state index contributed by atoms with van der Waals surface area (Å²) < 4.78 is 23.5. The number of carbonyl (C=O) groups excluding carboxylic acids is 1. The van der Waals surface area contributed by atoms with E-state index in [1.807, 2.05) is 0 Å². The van der Waals surface area contributed by atoms with Gasteiger partial charge in [0.25, 0.3) is 5.91 Å². The molecular formula is C11H15FN2O2S. The Morgan fingerprint density at radius 3 is 2.82 bits per heavy atom. The van der Waals surface area contributed by atoms with Gasteiger partial charge >= 0.3 is 0 Å². The minimum atomic E-state index is -0.858. The lowest BCUT2D eigenvalue weighted by atomic mass is 10.1. The molecule has 0 aromatic heterocycles. The molecule has 0 heterocycles. The molecule has 94 valence electrons. The summed E-state index contributed by atoms with van der Waals surface area (Å²) >= 11 is 0. The summed E-state index contributed by atoms with van der Waals surface area (Å²) in [6.45, 7) is 0.426. The fraction of sp³-hybridized carbons (Fsp3) is 0.364. The van der Waals surface area contributed by atoms with Crippen LogP contribution in [-0.4, -0.2) is 28.7 Å². The van der Waals surface area contributed by atoms with E-state index in [0.717, 1.165) is 6.07 Å². The van der Waals surface area contributed by atoms with E-state index in [4.69, 9.17) is 5.73 Å². The Kier molecular flexibility index (Phi) is 5.09. The van der Waals surface area contributed by atoms with Crippen molar-refractivity contribution in [2.45, 2.75) is 6.42 Å². The number of nitrogens with one attached hydrogen (secondary N) is 1. The third kappa shape index (κ3) is 4.52. The van der Waals surface area contributed by atoms with Gasteiger partial charge in [0, 0.05) is 35.0 Å². The molecular weight excluding hydrogens is 243 g/mol. The van der Waals surface area contributed by atoms with Gasteiger partial charge in [-0.3, -0.25) is 9.00 Å². The van der Waals surface area contributed by atoms with Crippen molar-refractivity contribution >= 4 is 22.4 Å². The summed E-state index contributed by atoms with van der Waals surface area (Å²) in [7, 11) is -0.858. The molecule has 0 aliphatic rings. The highest BCUT2D eigenvalue weighted by Gasteiger charge is 2.09. The number of amides is 1. The third-order valence-corrected chi connectivity index (χ3v) is 3.02. The van der Waals surface area contributed by atoms with Crippen LogP contribution in [0.3, 0.4) is 0 Å². The SMILES string of the molecule is CS(=O)CCCNC(=O)c1ccc(F)cc1N. The van der Waals surface area contributed by atoms with E-state index in [9.17, 15) is 13.4 Å². The smallest absolute Gasteiger partial charge is 0.253 e. The Morgan fingerprint density at radius 1 is 1.53 bits per heavy atom. The quantitative estimate of drug-likeness (QED) is 0.609. The fourth-order valence-corrected chi connectivity index (χ4v) is 1.86. The van der Waals surface area contributed by atoms with E-state index in [-0.39, 0.29) is 17.2 Å². The largest absolute Gasteiger partial charge is 0.398 e. The Bertz CT molecular complexity index is 437. The van der Waals surface area contributed by atoms with Crippen molar-refractivity contribution in [1.29, 1.82) is 0 Å². The van der Waals surface area contributed by atoms with Crippen molar-refractivity contribution in [2.24, 2.45) is 0 Å². The van der Waals surface area contributed by atoms with Crippen molar-refractivity contribution in [3.05, 3.63) is 29.6 Å². The lowest BCUT2D eigenvalue weighted by Gasteiger charge is -2.07. The highest BCUT2D eigenvalue weighted by molar-refractivity contribution is 7.84. The normalized spacial score (nSPS) is 12.1. The van der Waals surface area contributed by atoms with E-state index in [0.29, 0.717) is 18.7 Å². The standard InChI is InChI=1S/C11H15FN2O2S/c1-17(16)6-2-5-14-11(15)9-4-3-8(12)7-10(9)13/h3-4,7H,2,5-6,13H2,1H3,(H,14,15). The van der Waals surface area contributed by atoms with E-state index >= 15 is 0 Å². The number of benzene rings is 1. The minimum absolute atomic E-state index is 0.113. The van der Waals surface area contributed by atoms with E-state index in [1.54, 1.807) is 6.26 Å². The highest BCUT2D eigenvalue weighted by atomic mass is 32.2. The van der Waals surface area contributed by atoms with E-state index in [2.05, 4.69) is 5.32 Å². The predicted molar refractivity (Wildman–Crippen MR) is 66.7 cm³/mol. The van der Waals surface area contributed by atoms with Gasteiger partial charge in [-0.15, -0.1) is 0 Å². The van der Waals surface area contributed by atoms with Crippen molar-refractivity contribution in [2.75, 3.05) is 24.3 Å². The molecule has 1 aromatic rings. The maximum Gasteiger partial charge on any atom is 0.253 e. The maximum absolute atomic E-state index is 12.8. The molecule has 0 aliphatic heterocycles. The van der Waals surface area contributed by atoms with Gasteiger partial charge in [0.05, 0.1) is 5.56 Å². The maximum atomic E-state index is 12.8. The molecule has 1 rings (SSSR count). The van der Waals surface area contributed by atoms with Crippen molar-refractivity contribution in [3.63, 3.8) is 0 Å². The average molecular weight is 258 g/mol. The van der Waals surface area contributed by atoms with Crippen LogP contribution in [0.2, 0.25) is 0 Å². The van der Waals surface area contributed by atoms with Crippen molar-refractivity contribution in [1.82, 2.24) is 5.32 Å². The first-order valence-corrected chi connectivity index (χ1v) is 6.86. The lowest BCUT2D eigenvalue weighted by Crippen LogP contribution is -2.26. The first-order chi connectivity index (χ1) is 8.00. The Morgan fingerprint density at radius 2 is 2.24 bits per heavy atom. The molecule has 0 aliphatic carbocycles. The van der Waals surface area contributed by atoms with Gasteiger partial charge in [0.2, 0.25) is 0 Å². The number of nitrogen functional groups attached to an aromatic ring is 1. The molecule has 0 fully saturated rings. The summed E-state index contributed by atoms with van der Waals surface area (Å²) in [4.78, 5) is 11.6. The summed E-state index contributed by atoms with van der Waals surface area (Å²) in [5.74, 6) is -0.274. The molecule has 0 bridgehead atoms. The third-order valence-electron chi connectivity index (χ3n) is 2.15. The molecule has 1 atom stereocenters. The topological polar surface area (TPSA) is 72.2 Å². The molecule has 3 N–H and O–H groups in total. The Balaban J connectivity index is 2.50. The molecule has 0 saturated carbocycles. The predicted octanol–water partition coefficient (Wildman–Crippen LogP) is 0.906. The molecule has 6 heteroatoms. The van der Waals surface area contributed by atoms with Crippen LogP contribution in [0, 0.1) is 5.82 Å². The van der Waals surface area contributed by atoms with Gasteiger partial charge in [-0.2, -0.15) is 0 Å². The lowest BCUT2D eigenvalue weighted by molar-refractivity contribution is 0.0954. The van der Waals surface area contributed by atoms with Gasteiger partial charge in [0.15, 0.2) is 0 Å². The van der Waals surface area contributed by atoms with Crippen LogP contribution < -0.4 is 11.1 Å². The minimum Gasteiger partial charge on any atom is -0.398 e. The zero-order chi connectivity index (χ0) is 12.8. The summed E-state index contributed by atoms with van der Waals surface area (Å²) in [6, 6.07) is 3.64. The van der Waals surface area contributed by atoms with Crippen LogP contribution in [-0.2, 0) is 10.8 Å². The van der Waals surface area contributed by atoms with Crippen LogP contribution in [0.15, 0.2) is 18.2 Å². The second-order valence-electron chi connectivity index (χ2n) is 3.62. The van der Waals surface area contributed by atoms with Crippen molar-refractivity contribution in [3.8, 4) is 0 Å². The number of carbonyl (C=O) groups is 1. The summed E-state index contributed by atoms with van der Waals surface area (Å²) in [5.41, 5.74) is 5.89. The molecule has 1 amide bonds. The molecule has 0 saturated heterocycles. The second kappa shape index (κ2) is 6.34.